The van der Waals surface area contributed by atoms with E-state index in [1.54, 1.807) is 21.3 Å². The SMILES string of the molecule is COc1cc(CN2CCN(c3ccc(Cl)cc3)CC2)cc(OC)c1OC. The van der Waals surface area contributed by atoms with E-state index in [0.717, 1.165) is 43.3 Å². The molecule has 140 valence electrons. The van der Waals surface area contributed by atoms with E-state index in [0.29, 0.717) is 17.2 Å². The Labute approximate surface area is 160 Å². The van der Waals surface area contributed by atoms with Gasteiger partial charge in [-0.25, -0.2) is 0 Å². The standard InChI is InChI=1S/C20H25ClN2O3/c1-24-18-12-15(13-19(25-2)20(18)26-3)14-22-8-10-23(11-9-22)17-6-4-16(21)5-7-17/h4-7,12-13H,8-11,14H2,1-3H3. The summed E-state index contributed by atoms with van der Waals surface area (Å²) in [6.45, 7) is 4.84. The molecule has 0 unspecified atom stereocenters. The molecule has 0 saturated carbocycles. The largest absolute Gasteiger partial charge is 0.493 e. The maximum Gasteiger partial charge on any atom is 0.203 e. The number of ether oxygens (including phenoxy) is 3. The van der Waals surface area contributed by atoms with Crippen LogP contribution in [0.3, 0.4) is 0 Å². The number of halogens is 1. The molecule has 0 aromatic heterocycles. The zero-order valence-corrected chi connectivity index (χ0v) is 16.3. The van der Waals surface area contributed by atoms with Crippen molar-refractivity contribution >= 4 is 17.3 Å². The van der Waals surface area contributed by atoms with Crippen LogP contribution >= 0.6 is 11.6 Å². The first-order chi connectivity index (χ1) is 12.6. The summed E-state index contributed by atoms with van der Waals surface area (Å²) in [4.78, 5) is 4.83. The van der Waals surface area contributed by atoms with E-state index < -0.39 is 0 Å². The van der Waals surface area contributed by atoms with Gasteiger partial charge in [-0.2, -0.15) is 0 Å². The fourth-order valence-electron chi connectivity index (χ4n) is 3.30. The second-order valence-corrected chi connectivity index (χ2v) is 6.71. The number of rotatable bonds is 6. The molecule has 6 heteroatoms. The van der Waals surface area contributed by atoms with Crippen LogP contribution < -0.4 is 19.1 Å². The number of hydrogen-bond donors (Lipinski definition) is 0. The topological polar surface area (TPSA) is 34.2 Å². The van der Waals surface area contributed by atoms with Gasteiger partial charge in [-0.05, 0) is 42.0 Å². The number of benzene rings is 2. The summed E-state index contributed by atoms with van der Waals surface area (Å²) in [5, 5.41) is 0.773. The van der Waals surface area contributed by atoms with Gasteiger partial charge in [0.2, 0.25) is 5.75 Å². The Bertz CT molecular complexity index is 703. The summed E-state index contributed by atoms with van der Waals surface area (Å²) >= 11 is 5.98. The van der Waals surface area contributed by atoms with Crippen molar-refractivity contribution in [1.29, 1.82) is 0 Å². The summed E-state index contributed by atoms with van der Waals surface area (Å²) in [5.41, 5.74) is 2.38. The van der Waals surface area contributed by atoms with Crippen molar-refractivity contribution in [1.82, 2.24) is 4.90 Å². The Kier molecular flexibility index (Phi) is 6.12. The lowest BCUT2D eigenvalue weighted by molar-refractivity contribution is 0.248. The first kappa shape index (κ1) is 18.7. The summed E-state index contributed by atoms with van der Waals surface area (Å²) in [7, 11) is 4.91. The van der Waals surface area contributed by atoms with E-state index in [-0.39, 0.29) is 0 Å². The van der Waals surface area contributed by atoms with E-state index in [1.165, 1.54) is 5.69 Å². The highest BCUT2D eigenvalue weighted by Gasteiger charge is 2.19. The molecule has 26 heavy (non-hydrogen) atoms. The number of methoxy groups -OCH3 is 3. The number of hydrogen-bond acceptors (Lipinski definition) is 5. The molecule has 0 aliphatic carbocycles. The molecule has 1 aliphatic heterocycles. The van der Waals surface area contributed by atoms with Gasteiger partial charge in [0.05, 0.1) is 21.3 Å². The van der Waals surface area contributed by atoms with Gasteiger partial charge in [0.1, 0.15) is 0 Å². The highest BCUT2D eigenvalue weighted by Crippen LogP contribution is 2.38. The molecule has 0 atom stereocenters. The van der Waals surface area contributed by atoms with Crippen molar-refractivity contribution in [2.24, 2.45) is 0 Å². The molecule has 0 spiro atoms. The van der Waals surface area contributed by atoms with Crippen molar-refractivity contribution < 1.29 is 14.2 Å². The molecule has 0 bridgehead atoms. The smallest absolute Gasteiger partial charge is 0.203 e. The zero-order chi connectivity index (χ0) is 18.5. The first-order valence-corrected chi connectivity index (χ1v) is 9.04. The van der Waals surface area contributed by atoms with Crippen LogP contribution in [0.1, 0.15) is 5.56 Å². The summed E-state index contributed by atoms with van der Waals surface area (Å²) < 4.78 is 16.3. The Balaban J connectivity index is 1.65. The molecule has 3 rings (SSSR count). The van der Waals surface area contributed by atoms with Crippen molar-refractivity contribution in [3.8, 4) is 17.2 Å². The lowest BCUT2D eigenvalue weighted by atomic mass is 10.1. The number of piperazine rings is 1. The third-order valence-electron chi connectivity index (χ3n) is 4.69. The summed E-state index contributed by atoms with van der Waals surface area (Å²) in [6.07, 6.45) is 0. The molecule has 2 aromatic rings. The molecular weight excluding hydrogens is 352 g/mol. The van der Waals surface area contributed by atoms with Crippen LogP contribution in [0.4, 0.5) is 5.69 Å². The maximum atomic E-state index is 5.98. The third-order valence-corrected chi connectivity index (χ3v) is 4.95. The van der Waals surface area contributed by atoms with E-state index in [9.17, 15) is 0 Å². The van der Waals surface area contributed by atoms with Crippen LogP contribution in [-0.2, 0) is 6.54 Å². The van der Waals surface area contributed by atoms with Crippen LogP contribution in [0, 0.1) is 0 Å². The second-order valence-electron chi connectivity index (χ2n) is 6.27. The second kappa shape index (κ2) is 8.52. The van der Waals surface area contributed by atoms with Crippen LogP contribution in [0.5, 0.6) is 17.2 Å². The molecule has 0 amide bonds. The van der Waals surface area contributed by atoms with Crippen molar-refractivity contribution in [2.45, 2.75) is 6.54 Å². The van der Waals surface area contributed by atoms with Crippen LogP contribution in [0.2, 0.25) is 5.02 Å². The Morgan fingerprint density at radius 3 is 1.92 bits per heavy atom. The Hall–Kier alpha value is -2.11. The van der Waals surface area contributed by atoms with Crippen molar-refractivity contribution in [3.63, 3.8) is 0 Å². The molecule has 1 aliphatic rings. The van der Waals surface area contributed by atoms with Gasteiger partial charge >= 0.3 is 0 Å². The summed E-state index contributed by atoms with van der Waals surface area (Å²) in [5.74, 6) is 2.02. The summed E-state index contributed by atoms with van der Waals surface area (Å²) in [6, 6.07) is 12.1. The first-order valence-electron chi connectivity index (χ1n) is 8.66. The van der Waals surface area contributed by atoms with Crippen molar-refractivity contribution in [3.05, 3.63) is 47.0 Å². The lowest BCUT2D eigenvalue weighted by Gasteiger charge is -2.36. The van der Waals surface area contributed by atoms with Gasteiger partial charge in [-0.1, -0.05) is 11.6 Å². The molecular formula is C20H25ClN2O3. The highest BCUT2D eigenvalue weighted by molar-refractivity contribution is 6.30. The highest BCUT2D eigenvalue weighted by atomic mass is 35.5. The molecule has 1 saturated heterocycles. The Morgan fingerprint density at radius 1 is 0.846 bits per heavy atom. The molecule has 0 radical (unpaired) electrons. The van der Waals surface area contributed by atoms with Gasteiger partial charge in [-0.3, -0.25) is 4.90 Å². The quantitative estimate of drug-likeness (QED) is 0.768. The maximum absolute atomic E-state index is 5.98. The zero-order valence-electron chi connectivity index (χ0n) is 15.5. The number of anilines is 1. The molecule has 5 nitrogen and oxygen atoms in total. The van der Waals surface area contributed by atoms with E-state index in [1.807, 2.05) is 24.3 Å². The predicted molar refractivity (Wildman–Crippen MR) is 105 cm³/mol. The normalized spacial score (nSPS) is 15.0. The lowest BCUT2D eigenvalue weighted by Crippen LogP contribution is -2.45. The van der Waals surface area contributed by atoms with Gasteiger partial charge in [0.15, 0.2) is 11.5 Å². The van der Waals surface area contributed by atoms with Gasteiger partial charge in [0.25, 0.3) is 0 Å². The minimum atomic E-state index is 0.631. The molecule has 1 fully saturated rings. The van der Waals surface area contributed by atoms with E-state index in [4.69, 9.17) is 25.8 Å². The van der Waals surface area contributed by atoms with Crippen molar-refractivity contribution in [2.75, 3.05) is 52.4 Å². The average molecular weight is 377 g/mol. The predicted octanol–water partition coefficient (Wildman–Crippen LogP) is 3.69. The fourth-order valence-corrected chi connectivity index (χ4v) is 3.43. The van der Waals surface area contributed by atoms with E-state index >= 15 is 0 Å². The average Bonchev–Trinajstić information content (AvgIpc) is 2.68. The van der Waals surface area contributed by atoms with Gasteiger partial charge < -0.3 is 19.1 Å². The third kappa shape index (κ3) is 4.17. The fraction of sp³-hybridized carbons (Fsp3) is 0.400. The van der Waals surface area contributed by atoms with Crippen LogP contribution in [0.15, 0.2) is 36.4 Å². The molecule has 1 heterocycles. The molecule has 2 aromatic carbocycles. The molecule has 0 N–H and O–H groups in total. The van der Waals surface area contributed by atoms with Crippen LogP contribution in [0.25, 0.3) is 0 Å². The van der Waals surface area contributed by atoms with Gasteiger partial charge in [-0.15, -0.1) is 0 Å². The van der Waals surface area contributed by atoms with Gasteiger partial charge in [0, 0.05) is 43.4 Å². The van der Waals surface area contributed by atoms with E-state index in [2.05, 4.69) is 21.9 Å². The minimum absolute atomic E-state index is 0.631. The minimum Gasteiger partial charge on any atom is -0.493 e. The number of nitrogens with zero attached hydrogens (tertiary/aromatic N) is 2. The van der Waals surface area contributed by atoms with Crippen LogP contribution in [-0.4, -0.2) is 52.4 Å². The monoisotopic (exact) mass is 376 g/mol. The Morgan fingerprint density at radius 2 is 1.42 bits per heavy atom.